The third kappa shape index (κ3) is 6.11. The number of hydrogen-bond donors (Lipinski definition) is 0. The van der Waals surface area contributed by atoms with Crippen LogP contribution < -0.4 is 4.90 Å². The molecule has 2 nitrogen and oxygen atoms in total. The second-order valence-corrected chi connectivity index (χ2v) is 17.5. The van der Waals surface area contributed by atoms with E-state index in [0.717, 1.165) is 60.9 Å². The standard InChI is InChI=1S/C65H43NO/c1-6-20-44(21-7-1)45-34-36-50(37-35-45)66(51-38-39-54-53-30-18-19-33-58(53)65(59(54)42-51,48-26-12-4-13-27-48)49-28-14-5-15-29-49)60-43-57-63-61(67-64(57)56-32-17-16-31-55(56)60)41-40-52(46-22-8-2-9-23-46)62(63)47-24-10-3-11-25-47/h1-43H. The molecule has 0 fully saturated rings. The zero-order valence-electron chi connectivity index (χ0n) is 36.7. The Labute approximate surface area is 390 Å². The van der Waals surface area contributed by atoms with Crippen LogP contribution in [0.5, 0.6) is 0 Å². The minimum Gasteiger partial charge on any atom is -0.455 e. The lowest BCUT2D eigenvalue weighted by Crippen LogP contribution is -2.28. The maximum atomic E-state index is 7.03. The molecule has 0 saturated heterocycles. The van der Waals surface area contributed by atoms with Gasteiger partial charge in [-0.1, -0.05) is 224 Å². The van der Waals surface area contributed by atoms with Crippen LogP contribution in [0.3, 0.4) is 0 Å². The lowest BCUT2D eigenvalue weighted by Gasteiger charge is -2.35. The zero-order valence-corrected chi connectivity index (χ0v) is 36.7. The lowest BCUT2D eigenvalue weighted by atomic mass is 9.67. The first-order chi connectivity index (χ1) is 33.3. The molecule has 314 valence electrons. The zero-order chi connectivity index (χ0) is 44.3. The summed E-state index contributed by atoms with van der Waals surface area (Å²) in [5, 5.41) is 4.34. The molecule has 0 bridgehead atoms. The van der Waals surface area contributed by atoms with Crippen molar-refractivity contribution >= 4 is 49.8 Å². The second kappa shape index (κ2) is 15.8. The third-order valence-corrected chi connectivity index (χ3v) is 13.9. The summed E-state index contributed by atoms with van der Waals surface area (Å²) in [5.74, 6) is 0. The Kier molecular flexibility index (Phi) is 9.11. The van der Waals surface area contributed by atoms with Gasteiger partial charge in [-0.05, 0) is 97.6 Å². The third-order valence-electron chi connectivity index (χ3n) is 13.9. The van der Waals surface area contributed by atoms with E-state index in [1.807, 2.05) is 0 Å². The first-order valence-corrected chi connectivity index (χ1v) is 23.1. The molecular weight excluding hydrogens is 811 g/mol. The van der Waals surface area contributed by atoms with Crippen LogP contribution in [0.25, 0.3) is 77.2 Å². The molecule has 0 spiro atoms. The van der Waals surface area contributed by atoms with Gasteiger partial charge < -0.3 is 9.32 Å². The smallest absolute Gasteiger partial charge is 0.143 e. The molecule has 1 aliphatic rings. The van der Waals surface area contributed by atoms with E-state index in [-0.39, 0.29) is 0 Å². The van der Waals surface area contributed by atoms with Crippen molar-refractivity contribution in [2.45, 2.75) is 5.41 Å². The number of hydrogen-bond acceptors (Lipinski definition) is 2. The summed E-state index contributed by atoms with van der Waals surface area (Å²) in [6.45, 7) is 0. The first kappa shape index (κ1) is 38.7. The minimum absolute atomic E-state index is 0.557. The fraction of sp³-hybridized carbons (Fsp3) is 0.0154. The Hall–Kier alpha value is -8.72. The summed E-state index contributed by atoms with van der Waals surface area (Å²) in [6.07, 6.45) is 0. The Bertz CT molecular complexity index is 3730. The highest BCUT2D eigenvalue weighted by molar-refractivity contribution is 6.24. The SMILES string of the molecule is c1ccc(-c2ccc(N(c3ccc4c(c3)C(c3ccccc3)(c3ccccc3)c3ccccc3-4)c3cc4c(oc5ccc(-c6ccccc6)c(-c6ccccc6)c54)c4ccccc34)cc2)cc1. The van der Waals surface area contributed by atoms with E-state index < -0.39 is 5.41 Å². The molecule has 0 amide bonds. The Morgan fingerprint density at radius 1 is 0.328 bits per heavy atom. The molecule has 67 heavy (non-hydrogen) atoms. The van der Waals surface area contributed by atoms with Crippen molar-refractivity contribution in [2.24, 2.45) is 0 Å². The van der Waals surface area contributed by atoms with Gasteiger partial charge in [-0.15, -0.1) is 0 Å². The average molecular weight is 854 g/mol. The van der Waals surface area contributed by atoms with Gasteiger partial charge in [0, 0.05) is 38.5 Å². The lowest BCUT2D eigenvalue weighted by molar-refractivity contribution is 0.673. The quantitative estimate of drug-likeness (QED) is 0.151. The van der Waals surface area contributed by atoms with Crippen molar-refractivity contribution in [3.05, 3.63) is 283 Å². The van der Waals surface area contributed by atoms with Gasteiger partial charge in [-0.2, -0.15) is 0 Å². The van der Waals surface area contributed by atoms with Crippen LogP contribution >= 0.6 is 0 Å². The second-order valence-electron chi connectivity index (χ2n) is 17.5. The molecule has 13 rings (SSSR count). The number of nitrogens with zero attached hydrogens (tertiary/aromatic N) is 1. The van der Waals surface area contributed by atoms with Gasteiger partial charge in [0.15, 0.2) is 0 Å². The van der Waals surface area contributed by atoms with Gasteiger partial charge in [0.1, 0.15) is 11.2 Å². The van der Waals surface area contributed by atoms with E-state index >= 15 is 0 Å². The average Bonchev–Trinajstić information content (AvgIpc) is 3.94. The fourth-order valence-corrected chi connectivity index (χ4v) is 11.1. The summed E-state index contributed by atoms with van der Waals surface area (Å²) < 4.78 is 7.03. The van der Waals surface area contributed by atoms with E-state index in [0.29, 0.717) is 0 Å². The molecule has 0 aliphatic heterocycles. The number of anilines is 3. The van der Waals surface area contributed by atoms with E-state index in [4.69, 9.17) is 4.42 Å². The van der Waals surface area contributed by atoms with Gasteiger partial charge in [0.2, 0.25) is 0 Å². The Balaban J connectivity index is 1.13. The van der Waals surface area contributed by atoms with E-state index in [1.54, 1.807) is 0 Å². The molecule has 12 aromatic rings. The van der Waals surface area contributed by atoms with Crippen LogP contribution in [0.2, 0.25) is 0 Å². The maximum absolute atomic E-state index is 7.03. The highest BCUT2D eigenvalue weighted by Crippen LogP contribution is 2.58. The summed E-state index contributed by atoms with van der Waals surface area (Å²) in [6, 6.07) is 95.0. The topological polar surface area (TPSA) is 16.4 Å². The molecule has 11 aromatic carbocycles. The normalized spacial score (nSPS) is 12.6. The monoisotopic (exact) mass is 853 g/mol. The van der Waals surface area contributed by atoms with Crippen molar-refractivity contribution in [3.8, 4) is 44.5 Å². The van der Waals surface area contributed by atoms with Gasteiger partial charge in [0.05, 0.1) is 11.1 Å². The minimum atomic E-state index is -0.557. The molecule has 2 heteroatoms. The Morgan fingerprint density at radius 2 is 0.836 bits per heavy atom. The molecule has 0 atom stereocenters. The maximum Gasteiger partial charge on any atom is 0.143 e. The van der Waals surface area contributed by atoms with Gasteiger partial charge in [-0.3, -0.25) is 0 Å². The van der Waals surface area contributed by atoms with Crippen LogP contribution in [0.4, 0.5) is 17.1 Å². The highest BCUT2D eigenvalue weighted by atomic mass is 16.3. The molecule has 1 heterocycles. The van der Waals surface area contributed by atoms with Gasteiger partial charge in [0.25, 0.3) is 0 Å². The molecule has 0 N–H and O–H groups in total. The van der Waals surface area contributed by atoms with Crippen molar-refractivity contribution < 1.29 is 4.42 Å². The van der Waals surface area contributed by atoms with Gasteiger partial charge >= 0.3 is 0 Å². The Morgan fingerprint density at radius 3 is 1.51 bits per heavy atom. The van der Waals surface area contributed by atoms with Crippen LogP contribution in [-0.2, 0) is 5.41 Å². The van der Waals surface area contributed by atoms with Crippen LogP contribution in [0.1, 0.15) is 22.3 Å². The number of benzene rings is 11. The fourth-order valence-electron chi connectivity index (χ4n) is 11.1. The molecule has 1 aromatic heterocycles. The van der Waals surface area contributed by atoms with Crippen LogP contribution in [0, 0.1) is 0 Å². The molecular formula is C65H43NO. The largest absolute Gasteiger partial charge is 0.455 e. The van der Waals surface area contributed by atoms with E-state index in [1.165, 1.54) is 55.6 Å². The first-order valence-electron chi connectivity index (χ1n) is 23.1. The van der Waals surface area contributed by atoms with Crippen molar-refractivity contribution in [1.82, 2.24) is 0 Å². The molecule has 1 aliphatic carbocycles. The van der Waals surface area contributed by atoms with Crippen molar-refractivity contribution in [2.75, 3.05) is 4.90 Å². The molecule has 0 radical (unpaired) electrons. The predicted molar refractivity (Wildman–Crippen MR) is 280 cm³/mol. The summed E-state index contributed by atoms with van der Waals surface area (Å²) in [7, 11) is 0. The summed E-state index contributed by atoms with van der Waals surface area (Å²) >= 11 is 0. The predicted octanol–water partition coefficient (Wildman–Crippen LogP) is 17.6. The van der Waals surface area contributed by atoms with Crippen LogP contribution in [-0.4, -0.2) is 0 Å². The van der Waals surface area contributed by atoms with Crippen LogP contribution in [0.15, 0.2) is 265 Å². The number of furan rings is 1. The van der Waals surface area contributed by atoms with Crippen molar-refractivity contribution in [1.29, 1.82) is 0 Å². The summed E-state index contributed by atoms with van der Waals surface area (Å²) in [5.41, 5.74) is 18.9. The van der Waals surface area contributed by atoms with E-state index in [9.17, 15) is 0 Å². The highest BCUT2D eigenvalue weighted by Gasteiger charge is 2.46. The summed E-state index contributed by atoms with van der Waals surface area (Å²) in [4.78, 5) is 2.47. The number of rotatable bonds is 8. The van der Waals surface area contributed by atoms with Gasteiger partial charge in [-0.25, -0.2) is 0 Å². The molecule has 0 saturated carbocycles. The number of fused-ring (bicyclic) bond motifs is 8. The van der Waals surface area contributed by atoms with Crippen molar-refractivity contribution in [3.63, 3.8) is 0 Å². The molecule has 0 unspecified atom stereocenters. The van der Waals surface area contributed by atoms with E-state index in [2.05, 4.69) is 266 Å².